The number of amides is 1. The lowest BCUT2D eigenvalue weighted by Crippen LogP contribution is -2.43. The quantitative estimate of drug-likeness (QED) is 0.433. The highest BCUT2D eigenvalue weighted by Gasteiger charge is 2.11. The van der Waals surface area contributed by atoms with Crippen LogP contribution in [-0.2, 0) is 14.3 Å². The van der Waals surface area contributed by atoms with Crippen molar-refractivity contribution in [2.24, 2.45) is 0 Å². The Morgan fingerprint density at radius 3 is 2.85 bits per heavy atom. The fourth-order valence-electron chi connectivity index (χ4n) is 0.941. The van der Waals surface area contributed by atoms with E-state index in [9.17, 15) is 9.59 Å². The summed E-state index contributed by atoms with van der Waals surface area (Å²) in [5.74, 6) is -0.456. The van der Waals surface area contributed by atoms with Crippen LogP contribution in [0, 0.1) is 0 Å². The van der Waals surface area contributed by atoms with Gasteiger partial charge < -0.3 is 15.4 Å². The average Bonchev–Trinajstić information content (AvgIpc) is 2.09. The second-order valence-electron chi connectivity index (χ2n) is 2.55. The second-order valence-corrected chi connectivity index (χ2v) is 2.55. The zero-order valence-corrected chi connectivity index (χ0v) is 7.42. The molecule has 0 aromatic heterocycles. The normalized spacial score (nSPS) is 19.2. The molecule has 1 aliphatic heterocycles. The maximum atomic E-state index is 10.9. The van der Waals surface area contributed by atoms with Crippen molar-refractivity contribution < 1.29 is 14.3 Å². The van der Waals surface area contributed by atoms with Gasteiger partial charge in [0.2, 0.25) is 5.91 Å². The first-order valence-corrected chi connectivity index (χ1v) is 4.10. The van der Waals surface area contributed by atoms with Crippen LogP contribution in [0.5, 0.6) is 0 Å². The van der Waals surface area contributed by atoms with Crippen LogP contribution in [-0.4, -0.2) is 31.6 Å². The predicted octanol–water partition coefficient (Wildman–Crippen LogP) is -0.847. The number of ether oxygens (including phenoxy) is 1. The molecule has 1 rings (SSSR count). The van der Waals surface area contributed by atoms with Gasteiger partial charge in [-0.2, -0.15) is 0 Å². The lowest BCUT2D eigenvalue weighted by molar-refractivity contribution is -0.137. The summed E-state index contributed by atoms with van der Waals surface area (Å²) in [4.78, 5) is 21.6. The molecule has 0 saturated carbocycles. The van der Waals surface area contributed by atoms with E-state index < -0.39 is 0 Å². The van der Waals surface area contributed by atoms with Crippen LogP contribution >= 0.6 is 0 Å². The van der Waals surface area contributed by atoms with E-state index in [4.69, 9.17) is 4.74 Å². The Kier molecular flexibility index (Phi) is 3.31. The first-order valence-electron chi connectivity index (χ1n) is 4.10. The Morgan fingerprint density at radius 1 is 1.54 bits per heavy atom. The minimum Gasteiger partial charge on any atom is -0.463 e. The van der Waals surface area contributed by atoms with Gasteiger partial charge in [0.05, 0.1) is 19.7 Å². The molecule has 0 aliphatic carbocycles. The molecule has 0 radical (unpaired) electrons. The van der Waals surface area contributed by atoms with E-state index in [1.807, 2.05) is 0 Å². The summed E-state index contributed by atoms with van der Waals surface area (Å²) in [6.07, 6.45) is 1.35. The van der Waals surface area contributed by atoms with Gasteiger partial charge in [0.1, 0.15) is 0 Å². The van der Waals surface area contributed by atoms with Crippen molar-refractivity contribution in [2.75, 3.05) is 19.7 Å². The SMILES string of the molecule is CCOC(=O)/C=C1\CNC(=O)CN1. The minimum atomic E-state index is -0.388. The number of nitrogens with one attached hydrogen (secondary N) is 2. The molecule has 0 spiro atoms. The number of carbonyl (C=O) groups excluding carboxylic acids is 2. The summed E-state index contributed by atoms with van der Waals surface area (Å²) < 4.78 is 4.70. The maximum absolute atomic E-state index is 10.9. The minimum absolute atomic E-state index is 0.0685. The molecular formula is C8H12N2O3. The first-order chi connectivity index (χ1) is 6.22. The highest BCUT2D eigenvalue weighted by molar-refractivity contribution is 5.84. The highest BCUT2D eigenvalue weighted by Crippen LogP contribution is 1.93. The van der Waals surface area contributed by atoms with Crippen molar-refractivity contribution in [3.05, 3.63) is 11.8 Å². The summed E-state index contributed by atoms with van der Waals surface area (Å²) in [5.41, 5.74) is 0.679. The molecule has 5 nitrogen and oxygen atoms in total. The lowest BCUT2D eigenvalue weighted by Gasteiger charge is -2.17. The van der Waals surface area contributed by atoms with Gasteiger partial charge in [-0.3, -0.25) is 4.79 Å². The van der Waals surface area contributed by atoms with Crippen LogP contribution in [0.4, 0.5) is 0 Å². The number of hydrogen-bond acceptors (Lipinski definition) is 4. The van der Waals surface area contributed by atoms with Crippen LogP contribution in [0.3, 0.4) is 0 Å². The topological polar surface area (TPSA) is 67.4 Å². The van der Waals surface area contributed by atoms with Gasteiger partial charge in [0, 0.05) is 11.8 Å². The Hall–Kier alpha value is -1.52. The molecule has 0 bridgehead atoms. The molecule has 0 aromatic rings. The van der Waals surface area contributed by atoms with Crippen molar-refractivity contribution in [3.63, 3.8) is 0 Å². The molecule has 0 unspecified atom stereocenters. The van der Waals surface area contributed by atoms with E-state index in [1.54, 1.807) is 6.92 Å². The summed E-state index contributed by atoms with van der Waals surface area (Å²) in [7, 11) is 0. The van der Waals surface area contributed by atoms with Crippen molar-refractivity contribution in [2.45, 2.75) is 6.92 Å². The van der Waals surface area contributed by atoms with Crippen molar-refractivity contribution in [1.29, 1.82) is 0 Å². The van der Waals surface area contributed by atoms with Gasteiger partial charge in [-0.1, -0.05) is 0 Å². The molecule has 1 aliphatic rings. The van der Waals surface area contributed by atoms with Gasteiger partial charge in [0.25, 0.3) is 0 Å². The number of rotatable bonds is 2. The molecule has 5 heteroatoms. The summed E-state index contributed by atoms with van der Waals surface area (Å²) in [6, 6.07) is 0. The fraction of sp³-hybridized carbons (Fsp3) is 0.500. The molecule has 72 valence electrons. The Bertz CT molecular complexity index is 236. The van der Waals surface area contributed by atoms with Gasteiger partial charge in [-0.15, -0.1) is 0 Å². The van der Waals surface area contributed by atoms with Crippen molar-refractivity contribution >= 4 is 11.9 Å². The van der Waals surface area contributed by atoms with Gasteiger partial charge in [-0.25, -0.2) is 4.79 Å². The standard InChI is InChI=1S/C8H12N2O3/c1-2-13-8(12)3-6-4-10-7(11)5-9-6/h3,9H,2,4-5H2,1H3,(H,10,11)/b6-3+. The Morgan fingerprint density at radius 2 is 2.31 bits per heavy atom. The molecule has 0 atom stereocenters. The van der Waals surface area contributed by atoms with Crippen LogP contribution < -0.4 is 10.6 Å². The Labute approximate surface area is 76.1 Å². The third-order valence-corrected chi connectivity index (χ3v) is 1.53. The van der Waals surface area contributed by atoms with E-state index in [0.717, 1.165) is 0 Å². The molecule has 2 N–H and O–H groups in total. The van der Waals surface area contributed by atoms with Gasteiger partial charge in [-0.05, 0) is 6.92 Å². The van der Waals surface area contributed by atoms with Crippen LogP contribution in [0.1, 0.15) is 6.92 Å². The second kappa shape index (κ2) is 4.49. The number of piperazine rings is 1. The molecule has 1 amide bonds. The summed E-state index contributed by atoms with van der Waals surface area (Å²) >= 11 is 0. The predicted molar refractivity (Wildman–Crippen MR) is 45.7 cm³/mol. The van der Waals surface area contributed by atoms with E-state index in [2.05, 4.69) is 10.6 Å². The van der Waals surface area contributed by atoms with Gasteiger partial charge in [0.15, 0.2) is 0 Å². The van der Waals surface area contributed by atoms with Crippen LogP contribution in [0.2, 0.25) is 0 Å². The smallest absolute Gasteiger partial charge is 0.332 e. The van der Waals surface area contributed by atoms with Gasteiger partial charge >= 0.3 is 5.97 Å². The van der Waals surface area contributed by atoms with Crippen molar-refractivity contribution in [1.82, 2.24) is 10.6 Å². The zero-order valence-electron chi connectivity index (χ0n) is 7.42. The molecule has 1 saturated heterocycles. The number of carbonyl (C=O) groups is 2. The van der Waals surface area contributed by atoms with Crippen LogP contribution in [0.25, 0.3) is 0 Å². The van der Waals surface area contributed by atoms with E-state index in [0.29, 0.717) is 18.8 Å². The molecule has 1 heterocycles. The monoisotopic (exact) mass is 184 g/mol. The zero-order chi connectivity index (χ0) is 9.68. The third-order valence-electron chi connectivity index (χ3n) is 1.53. The fourth-order valence-corrected chi connectivity index (χ4v) is 0.941. The average molecular weight is 184 g/mol. The Balaban J connectivity index is 2.43. The summed E-state index contributed by atoms with van der Waals surface area (Å²) in [6.45, 7) is 2.67. The van der Waals surface area contributed by atoms with Crippen LogP contribution in [0.15, 0.2) is 11.8 Å². The van der Waals surface area contributed by atoms with E-state index in [-0.39, 0.29) is 18.4 Å². The van der Waals surface area contributed by atoms with E-state index in [1.165, 1.54) is 6.08 Å². The molecule has 0 aromatic carbocycles. The summed E-state index contributed by atoms with van der Waals surface area (Å²) in [5, 5.41) is 5.41. The molecule has 1 fully saturated rings. The first kappa shape index (κ1) is 9.57. The van der Waals surface area contributed by atoms with Crippen molar-refractivity contribution in [3.8, 4) is 0 Å². The maximum Gasteiger partial charge on any atom is 0.332 e. The largest absolute Gasteiger partial charge is 0.463 e. The number of hydrogen-bond donors (Lipinski definition) is 2. The highest BCUT2D eigenvalue weighted by atomic mass is 16.5. The van der Waals surface area contributed by atoms with E-state index >= 15 is 0 Å². The lowest BCUT2D eigenvalue weighted by atomic mass is 10.3. The molecular weight excluding hydrogens is 172 g/mol. The number of esters is 1. The molecule has 13 heavy (non-hydrogen) atoms. The third kappa shape index (κ3) is 3.14.